The van der Waals surface area contributed by atoms with Crippen molar-refractivity contribution >= 4 is 34.2 Å². The molecule has 0 saturated heterocycles. The third-order valence-electron chi connectivity index (χ3n) is 4.12. The number of carbonyl (C=O) groups excluding carboxylic acids is 1. The van der Waals surface area contributed by atoms with Crippen LogP contribution in [0, 0.1) is 19.6 Å². The highest BCUT2D eigenvalue weighted by Crippen LogP contribution is 2.27. The van der Waals surface area contributed by atoms with E-state index >= 15 is 0 Å². The molecule has 0 spiro atoms. The maximum atomic E-state index is 12.4. The fraction of sp³-hybridized carbons (Fsp3) is 0.533. The predicted octanol–water partition coefficient (Wildman–Crippen LogP) is 3.90. The number of hydrogen-bond acceptors (Lipinski definition) is 3. The lowest BCUT2D eigenvalue weighted by Crippen LogP contribution is -2.39. The normalized spacial score (nSPS) is 17.2. The molecule has 0 radical (unpaired) electrons. The van der Waals surface area contributed by atoms with E-state index in [1.54, 1.807) is 6.07 Å². The van der Waals surface area contributed by atoms with E-state index in [-0.39, 0.29) is 17.6 Å². The summed E-state index contributed by atoms with van der Waals surface area (Å²) in [5.41, 5.74) is 0.332. The summed E-state index contributed by atoms with van der Waals surface area (Å²) >= 11 is 2.03. The summed E-state index contributed by atoms with van der Waals surface area (Å²) in [5, 5.41) is 13.8. The molecule has 1 aliphatic carbocycles. The number of amides is 1. The van der Waals surface area contributed by atoms with Crippen molar-refractivity contribution in [3.63, 3.8) is 0 Å². The Labute approximate surface area is 137 Å². The van der Waals surface area contributed by atoms with Gasteiger partial charge in [-0.2, -0.15) is 0 Å². The molecule has 1 aromatic rings. The second kappa shape index (κ2) is 7.20. The SMILES string of the molecule is CC(NC(=O)c1cc([N+](=O)[O-])ccc1I)C1CCCCC1. The molecule has 0 aromatic heterocycles. The molecular weight excluding hydrogens is 383 g/mol. The van der Waals surface area contributed by atoms with Crippen LogP contribution < -0.4 is 5.32 Å². The monoisotopic (exact) mass is 402 g/mol. The maximum absolute atomic E-state index is 12.4. The van der Waals surface area contributed by atoms with Crippen LogP contribution in [0.5, 0.6) is 0 Å². The van der Waals surface area contributed by atoms with Crippen molar-refractivity contribution < 1.29 is 9.72 Å². The topological polar surface area (TPSA) is 72.2 Å². The van der Waals surface area contributed by atoms with E-state index in [2.05, 4.69) is 5.32 Å². The minimum Gasteiger partial charge on any atom is -0.349 e. The highest BCUT2D eigenvalue weighted by Gasteiger charge is 2.23. The Bertz CT molecular complexity index is 542. The Morgan fingerprint density at radius 3 is 2.67 bits per heavy atom. The largest absolute Gasteiger partial charge is 0.349 e. The Kier molecular flexibility index (Phi) is 5.55. The molecule has 0 heterocycles. The van der Waals surface area contributed by atoms with Crippen molar-refractivity contribution in [2.45, 2.75) is 45.1 Å². The zero-order valence-electron chi connectivity index (χ0n) is 12.0. The van der Waals surface area contributed by atoms with Crippen LogP contribution in [0.2, 0.25) is 0 Å². The molecule has 1 N–H and O–H groups in total. The van der Waals surface area contributed by atoms with E-state index in [0.29, 0.717) is 11.5 Å². The molecule has 6 heteroatoms. The number of rotatable bonds is 4. The number of nitrogens with zero attached hydrogens (tertiary/aromatic N) is 1. The molecule has 5 nitrogen and oxygen atoms in total. The van der Waals surface area contributed by atoms with E-state index in [9.17, 15) is 14.9 Å². The molecule has 2 rings (SSSR count). The number of nitro groups is 1. The van der Waals surface area contributed by atoms with Gasteiger partial charge in [0, 0.05) is 21.7 Å². The average molecular weight is 402 g/mol. The van der Waals surface area contributed by atoms with Gasteiger partial charge in [0.25, 0.3) is 11.6 Å². The fourth-order valence-electron chi connectivity index (χ4n) is 2.84. The van der Waals surface area contributed by atoms with Crippen molar-refractivity contribution in [2.24, 2.45) is 5.92 Å². The fourth-order valence-corrected chi connectivity index (χ4v) is 3.42. The molecule has 1 atom stereocenters. The van der Waals surface area contributed by atoms with Crippen LogP contribution in [0.25, 0.3) is 0 Å². The number of carbonyl (C=O) groups is 1. The second-order valence-electron chi connectivity index (χ2n) is 5.58. The Balaban J connectivity index is 2.08. The van der Waals surface area contributed by atoms with Crippen molar-refractivity contribution in [3.05, 3.63) is 37.4 Å². The van der Waals surface area contributed by atoms with Gasteiger partial charge in [0.1, 0.15) is 0 Å². The Hall–Kier alpha value is -1.18. The summed E-state index contributed by atoms with van der Waals surface area (Å²) in [6.07, 6.45) is 6.01. The third kappa shape index (κ3) is 4.15. The average Bonchev–Trinajstić information content (AvgIpc) is 2.48. The van der Waals surface area contributed by atoms with Gasteiger partial charge >= 0.3 is 0 Å². The second-order valence-corrected chi connectivity index (χ2v) is 6.74. The van der Waals surface area contributed by atoms with Gasteiger partial charge in [0.2, 0.25) is 0 Å². The Morgan fingerprint density at radius 1 is 1.38 bits per heavy atom. The van der Waals surface area contributed by atoms with E-state index in [1.165, 1.54) is 31.4 Å². The summed E-state index contributed by atoms with van der Waals surface area (Å²) < 4.78 is 0.728. The molecule has 114 valence electrons. The zero-order chi connectivity index (χ0) is 15.4. The van der Waals surface area contributed by atoms with Crippen LogP contribution in [0.4, 0.5) is 5.69 Å². The van der Waals surface area contributed by atoms with Gasteiger partial charge in [-0.15, -0.1) is 0 Å². The lowest BCUT2D eigenvalue weighted by atomic mass is 9.84. The standard InChI is InChI=1S/C15H19IN2O3/c1-10(11-5-3-2-4-6-11)17-15(19)13-9-12(18(20)21)7-8-14(13)16/h7-11H,2-6H2,1H3,(H,17,19). The first-order chi connectivity index (χ1) is 9.99. The highest BCUT2D eigenvalue weighted by atomic mass is 127. The molecule has 1 saturated carbocycles. The van der Waals surface area contributed by atoms with Gasteiger partial charge in [-0.3, -0.25) is 14.9 Å². The summed E-state index contributed by atoms with van der Waals surface area (Å²) in [7, 11) is 0. The highest BCUT2D eigenvalue weighted by molar-refractivity contribution is 14.1. The van der Waals surface area contributed by atoms with Gasteiger partial charge in [0.05, 0.1) is 10.5 Å². The molecule has 21 heavy (non-hydrogen) atoms. The molecule has 1 fully saturated rings. The van der Waals surface area contributed by atoms with Crippen LogP contribution >= 0.6 is 22.6 Å². The van der Waals surface area contributed by atoms with Gasteiger partial charge in [-0.05, 0) is 54.3 Å². The lowest BCUT2D eigenvalue weighted by molar-refractivity contribution is -0.384. The molecule has 0 aliphatic heterocycles. The van der Waals surface area contributed by atoms with E-state index in [4.69, 9.17) is 0 Å². The lowest BCUT2D eigenvalue weighted by Gasteiger charge is -2.28. The minimum absolute atomic E-state index is 0.0501. The first-order valence-electron chi connectivity index (χ1n) is 7.24. The molecule has 1 unspecified atom stereocenters. The quantitative estimate of drug-likeness (QED) is 0.472. The molecule has 1 aromatic carbocycles. The zero-order valence-corrected chi connectivity index (χ0v) is 14.1. The van der Waals surface area contributed by atoms with Gasteiger partial charge < -0.3 is 5.32 Å². The first kappa shape index (κ1) is 16.2. The van der Waals surface area contributed by atoms with Crippen molar-refractivity contribution in [1.82, 2.24) is 5.32 Å². The number of hydrogen-bond donors (Lipinski definition) is 1. The molecule has 1 aliphatic rings. The number of nitro benzene ring substituents is 1. The molecular formula is C15H19IN2O3. The smallest absolute Gasteiger partial charge is 0.270 e. The summed E-state index contributed by atoms with van der Waals surface area (Å²) in [6, 6.07) is 4.49. The van der Waals surface area contributed by atoms with E-state index in [0.717, 1.165) is 16.4 Å². The van der Waals surface area contributed by atoms with Gasteiger partial charge in [-0.1, -0.05) is 19.3 Å². The maximum Gasteiger partial charge on any atom is 0.270 e. The first-order valence-corrected chi connectivity index (χ1v) is 8.31. The van der Waals surface area contributed by atoms with Gasteiger partial charge in [-0.25, -0.2) is 0 Å². The van der Waals surface area contributed by atoms with E-state index in [1.807, 2.05) is 29.5 Å². The summed E-state index contributed by atoms with van der Waals surface area (Å²) in [6.45, 7) is 2.03. The summed E-state index contributed by atoms with van der Waals surface area (Å²) in [4.78, 5) is 22.7. The van der Waals surface area contributed by atoms with Crippen LogP contribution in [0.15, 0.2) is 18.2 Å². The predicted molar refractivity (Wildman–Crippen MR) is 89.3 cm³/mol. The van der Waals surface area contributed by atoms with Crippen LogP contribution in [-0.4, -0.2) is 16.9 Å². The van der Waals surface area contributed by atoms with Crippen molar-refractivity contribution in [3.8, 4) is 0 Å². The molecule has 0 bridgehead atoms. The number of nitrogens with one attached hydrogen (secondary N) is 1. The van der Waals surface area contributed by atoms with Crippen molar-refractivity contribution in [2.75, 3.05) is 0 Å². The van der Waals surface area contributed by atoms with Crippen LogP contribution in [0.1, 0.15) is 49.4 Å². The third-order valence-corrected chi connectivity index (χ3v) is 5.06. The number of halogens is 1. The Morgan fingerprint density at radius 2 is 2.05 bits per heavy atom. The minimum atomic E-state index is -0.475. The van der Waals surface area contributed by atoms with E-state index < -0.39 is 4.92 Å². The van der Waals surface area contributed by atoms with Crippen LogP contribution in [-0.2, 0) is 0 Å². The number of benzene rings is 1. The number of non-ortho nitro benzene ring substituents is 1. The molecule has 1 amide bonds. The van der Waals surface area contributed by atoms with Gasteiger partial charge in [0.15, 0.2) is 0 Å². The van der Waals surface area contributed by atoms with Crippen LogP contribution in [0.3, 0.4) is 0 Å². The van der Waals surface area contributed by atoms with Crippen molar-refractivity contribution in [1.29, 1.82) is 0 Å². The summed E-state index contributed by atoms with van der Waals surface area (Å²) in [5.74, 6) is 0.292.